The molecule has 2 N–H and O–H groups in total. The fourth-order valence-electron chi connectivity index (χ4n) is 2.53. The van der Waals surface area contributed by atoms with Crippen LogP contribution in [0.15, 0.2) is 28.9 Å². The summed E-state index contributed by atoms with van der Waals surface area (Å²) in [6.07, 6.45) is 4.36. The summed E-state index contributed by atoms with van der Waals surface area (Å²) in [6, 6.07) is 5.54. The van der Waals surface area contributed by atoms with Gasteiger partial charge in [0.25, 0.3) is 5.91 Å². The molecule has 0 aliphatic carbocycles. The molecule has 1 amide bonds. The molecular formula is C17H21N3O4. The first-order chi connectivity index (χ1) is 11.7. The highest BCUT2D eigenvalue weighted by atomic mass is 16.7. The van der Waals surface area contributed by atoms with Crippen LogP contribution in [0.3, 0.4) is 0 Å². The minimum Gasteiger partial charge on any atom is -0.454 e. The number of guanidine groups is 1. The summed E-state index contributed by atoms with van der Waals surface area (Å²) in [5.41, 5.74) is 1.33. The highest BCUT2D eigenvalue weighted by Crippen LogP contribution is 2.33. The van der Waals surface area contributed by atoms with Crippen molar-refractivity contribution in [3.05, 3.63) is 29.5 Å². The number of ether oxygens (including phenoxy) is 2. The van der Waals surface area contributed by atoms with Crippen molar-refractivity contribution >= 4 is 17.9 Å². The van der Waals surface area contributed by atoms with Gasteiger partial charge >= 0.3 is 0 Å². The number of nitrogens with zero attached hydrogens (tertiary/aromatic N) is 2. The van der Waals surface area contributed by atoms with Crippen LogP contribution in [-0.2, 0) is 4.79 Å². The summed E-state index contributed by atoms with van der Waals surface area (Å²) in [6.45, 7) is 1.05. The third-order valence-electron chi connectivity index (χ3n) is 3.88. The fourth-order valence-corrected chi connectivity index (χ4v) is 2.53. The van der Waals surface area contributed by atoms with Gasteiger partial charge in [0.2, 0.25) is 12.8 Å². The minimum atomic E-state index is -0.123. The van der Waals surface area contributed by atoms with Crippen LogP contribution in [0.25, 0.3) is 6.08 Å². The molecule has 2 aliphatic rings. The van der Waals surface area contributed by atoms with E-state index in [2.05, 4.69) is 10.3 Å². The lowest BCUT2D eigenvalue weighted by molar-refractivity contribution is -0.121. The van der Waals surface area contributed by atoms with Gasteiger partial charge in [0, 0.05) is 20.2 Å². The largest absolute Gasteiger partial charge is 0.454 e. The Morgan fingerprint density at radius 2 is 2.12 bits per heavy atom. The number of aliphatic hydroxyl groups is 1. The molecule has 3 rings (SSSR count). The molecule has 1 aromatic carbocycles. The minimum absolute atomic E-state index is 0.123. The number of rotatable bonds is 6. The summed E-state index contributed by atoms with van der Waals surface area (Å²) >= 11 is 0. The molecule has 7 heteroatoms. The van der Waals surface area contributed by atoms with Gasteiger partial charge in [-0.1, -0.05) is 6.07 Å². The predicted octanol–water partition coefficient (Wildman–Crippen LogP) is 1.34. The second kappa shape index (κ2) is 7.35. The van der Waals surface area contributed by atoms with Crippen molar-refractivity contribution in [3.63, 3.8) is 0 Å². The average Bonchev–Trinajstić information content (AvgIpc) is 3.15. The third-order valence-corrected chi connectivity index (χ3v) is 3.88. The Morgan fingerprint density at radius 1 is 1.29 bits per heavy atom. The number of aliphatic imine (C=N–C) groups is 1. The van der Waals surface area contributed by atoms with Gasteiger partial charge in [-0.05, 0) is 43.0 Å². The van der Waals surface area contributed by atoms with Crippen LogP contribution in [0.1, 0.15) is 24.8 Å². The van der Waals surface area contributed by atoms with Crippen LogP contribution in [0.2, 0.25) is 0 Å². The van der Waals surface area contributed by atoms with E-state index in [9.17, 15) is 4.79 Å². The number of unbranched alkanes of at least 4 members (excludes halogenated alkanes) is 2. The lowest BCUT2D eigenvalue weighted by Gasteiger charge is -2.06. The van der Waals surface area contributed by atoms with Crippen molar-refractivity contribution in [2.24, 2.45) is 4.99 Å². The van der Waals surface area contributed by atoms with Gasteiger partial charge in [-0.15, -0.1) is 0 Å². The molecule has 24 heavy (non-hydrogen) atoms. The van der Waals surface area contributed by atoms with E-state index in [4.69, 9.17) is 14.6 Å². The first-order valence-corrected chi connectivity index (χ1v) is 8.01. The first-order valence-electron chi connectivity index (χ1n) is 8.01. The molecule has 0 unspecified atom stereocenters. The number of amides is 1. The molecule has 0 saturated carbocycles. The van der Waals surface area contributed by atoms with Crippen LogP contribution >= 0.6 is 0 Å². The van der Waals surface area contributed by atoms with Crippen molar-refractivity contribution in [1.29, 1.82) is 0 Å². The van der Waals surface area contributed by atoms with E-state index in [1.807, 2.05) is 18.2 Å². The number of hydrogen-bond acceptors (Lipinski definition) is 5. The molecule has 1 saturated heterocycles. The number of aliphatic hydroxyl groups excluding tert-OH is 1. The number of carbonyl (C=O) groups is 1. The zero-order chi connectivity index (χ0) is 16.9. The molecule has 1 aromatic rings. The Labute approximate surface area is 140 Å². The first kappa shape index (κ1) is 16.3. The molecular weight excluding hydrogens is 310 g/mol. The molecule has 7 nitrogen and oxygen atoms in total. The average molecular weight is 331 g/mol. The Balaban J connectivity index is 1.68. The normalized spacial score (nSPS) is 19.4. The summed E-state index contributed by atoms with van der Waals surface area (Å²) in [5, 5.41) is 11.8. The number of carbonyl (C=O) groups excluding carboxylic acids is 1. The Bertz CT molecular complexity index is 684. The smallest absolute Gasteiger partial charge is 0.276 e. The Kier molecular flexibility index (Phi) is 5.00. The molecule has 0 spiro atoms. The van der Waals surface area contributed by atoms with Crippen LogP contribution in [0, 0.1) is 0 Å². The summed E-state index contributed by atoms with van der Waals surface area (Å²) < 4.78 is 10.6. The van der Waals surface area contributed by atoms with Gasteiger partial charge in [-0.25, -0.2) is 0 Å². The highest BCUT2D eigenvalue weighted by Gasteiger charge is 2.28. The highest BCUT2D eigenvalue weighted by molar-refractivity contribution is 6.15. The van der Waals surface area contributed by atoms with Crippen LogP contribution in [-0.4, -0.2) is 48.9 Å². The molecule has 2 aliphatic heterocycles. The van der Waals surface area contributed by atoms with E-state index < -0.39 is 0 Å². The number of fused-ring (bicyclic) bond motifs is 1. The van der Waals surface area contributed by atoms with Gasteiger partial charge in [-0.3, -0.25) is 14.7 Å². The van der Waals surface area contributed by atoms with Gasteiger partial charge in [-0.2, -0.15) is 0 Å². The van der Waals surface area contributed by atoms with E-state index in [1.54, 1.807) is 13.1 Å². The molecule has 0 bridgehead atoms. The second-order valence-corrected chi connectivity index (χ2v) is 5.65. The maximum absolute atomic E-state index is 12.3. The van der Waals surface area contributed by atoms with Crippen LogP contribution in [0.4, 0.5) is 0 Å². The van der Waals surface area contributed by atoms with Crippen molar-refractivity contribution in [3.8, 4) is 11.5 Å². The summed E-state index contributed by atoms with van der Waals surface area (Å²) in [5.74, 6) is 1.82. The maximum Gasteiger partial charge on any atom is 0.276 e. The Hall–Kier alpha value is -2.54. The van der Waals surface area contributed by atoms with Gasteiger partial charge in [0.1, 0.15) is 5.70 Å². The van der Waals surface area contributed by atoms with Crippen LogP contribution in [0.5, 0.6) is 11.5 Å². The van der Waals surface area contributed by atoms with Gasteiger partial charge in [0.05, 0.1) is 0 Å². The van der Waals surface area contributed by atoms with Gasteiger partial charge < -0.3 is 19.9 Å². The summed E-state index contributed by atoms with van der Waals surface area (Å²) in [4.78, 5) is 18.2. The topological polar surface area (TPSA) is 83.4 Å². The lowest BCUT2D eigenvalue weighted by atomic mass is 10.1. The van der Waals surface area contributed by atoms with E-state index in [0.717, 1.165) is 24.8 Å². The van der Waals surface area contributed by atoms with Crippen molar-refractivity contribution < 1.29 is 19.4 Å². The molecule has 1 fully saturated rings. The zero-order valence-electron chi connectivity index (χ0n) is 13.6. The standard InChI is InChI=1S/C17H21N3O4/c1-20-16(22)13(19-17(20)18-7-3-2-4-8-21)9-12-5-6-14-15(10-12)24-11-23-14/h5-6,9-10,21H,2-4,7-8,11H2,1H3,(H,18,19)/b13-9-. The van der Waals surface area contributed by atoms with E-state index >= 15 is 0 Å². The molecule has 0 radical (unpaired) electrons. The molecule has 128 valence electrons. The van der Waals surface area contributed by atoms with E-state index in [0.29, 0.717) is 29.7 Å². The SMILES string of the molecule is CN1C(=O)/C(=C/c2ccc3c(c2)OCO3)NC1=NCCCCCO. The molecule has 2 heterocycles. The van der Waals surface area contributed by atoms with Crippen molar-refractivity contribution in [1.82, 2.24) is 10.2 Å². The van der Waals surface area contributed by atoms with Crippen molar-refractivity contribution in [2.45, 2.75) is 19.3 Å². The number of benzene rings is 1. The Morgan fingerprint density at radius 3 is 2.96 bits per heavy atom. The summed E-state index contributed by atoms with van der Waals surface area (Å²) in [7, 11) is 1.70. The molecule has 0 atom stereocenters. The number of hydrogen-bond donors (Lipinski definition) is 2. The van der Waals surface area contributed by atoms with E-state index in [1.165, 1.54) is 4.90 Å². The fraction of sp³-hybridized carbons (Fsp3) is 0.412. The second-order valence-electron chi connectivity index (χ2n) is 5.65. The van der Waals surface area contributed by atoms with E-state index in [-0.39, 0.29) is 19.3 Å². The third kappa shape index (κ3) is 3.51. The predicted molar refractivity (Wildman–Crippen MR) is 89.7 cm³/mol. The number of likely N-dealkylation sites (N-methyl/N-ethyl adjacent to an activating group) is 1. The van der Waals surface area contributed by atoms with Gasteiger partial charge in [0.15, 0.2) is 11.5 Å². The lowest BCUT2D eigenvalue weighted by Crippen LogP contribution is -2.28. The van der Waals surface area contributed by atoms with Crippen LogP contribution < -0.4 is 14.8 Å². The maximum atomic E-state index is 12.3. The number of nitrogens with one attached hydrogen (secondary N) is 1. The zero-order valence-corrected chi connectivity index (χ0v) is 13.6. The quantitative estimate of drug-likeness (QED) is 0.607. The van der Waals surface area contributed by atoms with Crippen molar-refractivity contribution in [2.75, 3.05) is 27.0 Å². The molecule has 0 aromatic heterocycles. The monoisotopic (exact) mass is 331 g/mol.